The second kappa shape index (κ2) is 9.96. The van der Waals surface area contributed by atoms with E-state index in [-0.39, 0.29) is 18.4 Å². The highest BCUT2D eigenvalue weighted by molar-refractivity contribution is 5.79. The molecule has 3 rings (SSSR count). The number of carbonyl (C=O) groups is 2. The number of benzene rings is 2. The molecule has 0 spiro atoms. The molecule has 1 saturated carbocycles. The van der Waals surface area contributed by atoms with Crippen LogP contribution in [0.1, 0.15) is 50.6 Å². The Morgan fingerprint density at radius 3 is 2.52 bits per heavy atom. The summed E-state index contributed by atoms with van der Waals surface area (Å²) in [6, 6.07) is 15.8. The van der Waals surface area contributed by atoms with Crippen molar-refractivity contribution >= 4 is 11.9 Å². The van der Waals surface area contributed by atoms with E-state index in [0.717, 1.165) is 24.8 Å². The molecule has 3 atom stereocenters. The molecule has 2 aromatic carbocycles. The van der Waals surface area contributed by atoms with Gasteiger partial charge >= 0.3 is 6.03 Å². The fourth-order valence-electron chi connectivity index (χ4n) is 3.83. The van der Waals surface area contributed by atoms with E-state index in [1.807, 2.05) is 54.6 Å². The van der Waals surface area contributed by atoms with Crippen LogP contribution in [0.25, 0.3) is 0 Å². The van der Waals surface area contributed by atoms with Crippen LogP contribution in [0.5, 0.6) is 11.5 Å². The maximum absolute atomic E-state index is 12.7. The molecule has 3 unspecified atom stereocenters. The van der Waals surface area contributed by atoms with Gasteiger partial charge in [-0.3, -0.25) is 4.79 Å². The van der Waals surface area contributed by atoms with Gasteiger partial charge in [-0.15, -0.1) is 0 Å². The maximum atomic E-state index is 12.7. The second-order valence-electron chi connectivity index (χ2n) is 7.69. The van der Waals surface area contributed by atoms with E-state index in [9.17, 15) is 9.59 Å². The van der Waals surface area contributed by atoms with E-state index in [1.54, 1.807) is 0 Å². The van der Waals surface area contributed by atoms with Crippen molar-refractivity contribution in [3.05, 3.63) is 60.2 Å². The smallest absolute Gasteiger partial charge is 0.312 e. The molecule has 4 N–H and O–H groups in total. The standard InChI is InChI=1S/C23H29N3O3/c1-16-8-5-6-13-20(16)25-22(27)15-21(26-23(24)28)17-9-7-12-19(14-17)29-18-10-3-2-4-11-18/h2-4,7,9-12,14,16,20-21H,5-6,8,13,15H2,1H3,(H,25,27)(H3,24,26,28). The summed E-state index contributed by atoms with van der Waals surface area (Å²) in [5.41, 5.74) is 6.13. The first-order valence-corrected chi connectivity index (χ1v) is 10.2. The number of para-hydroxylation sites is 1. The van der Waals surface area contributed by atoms with E-state index in [4.69, 9.17) is 10.5 Å². The molecule has 6 heteroatoms. The molecule has 1 aliphatic rings. The Morgan fingerprint density at radius 1 is 1.07 bits per heavy atom. The summed E-state index contributed by atoms with van der Waals surface area (Å²) in [5.74, 6) is 1.73. The third-order valence-electron chi connectivity index (χ3n) is 5.40. The Hall–Kier alpha value is -3.02. The van der Waals surface area contributed by atoms with Gasteiger partial charge < -0.3 is 21.1 Å². The number of nitrogens with one attached hydrogen (secondary N) is 2. The number of nitrogens with two attached hydrogens (primary N) is 1. The van der Waals surface area contributed by atoms with Crippen LogP contribution in [0.3, 0.4) is 0 Å². The minimum atomic E-state index is -0.664. The monoisotopic (exact) mass is 395 g/mol. The lowest BCUT2D eigenvalue weighted by Crippen LogP contribution is -2.43. The molecular weight excluding hydrogens is 366 g/mol. The third kappa shape index (κ3) is 6.24. The first-order valence-electron chi connectivity index (χ1n) is 10.2. The van der Waals surface area contributed by atoms with E-state index in [1.165, 1.54) is 6.42 Å². The van der Waals surface area contributed by atoms with Crippen LogP contribution in [-0.4, -0.2) is 18.0 Å². The summed E-state index contributed by atoms with van der Waals surface area (Å²) in [7, 11) is 0. The predicted octanol–water partition coefficient (Wildman–Crippen LogP) is 4.27. The van der Waals surface area contributed by atoms with Gasteiger partial charge in [0.25, 0.3) is 0 Å². The Kier molecular flexibility index (Phi) is 7.11. The van der Waals surface area contributed by atoms with Crippen molar-refractivity contribution in [2.45, 2.75) is 51.1 Å². The number of amides is 3. The van der Waals surface area contributed by atoms with Crippen LogP contribution in [0, 0.1) is 5.92 Å². The molecule has 2 aromatic rings. The quantitative estimate of drug-likeness (QED) is 0.653. The number of urea groups is 1. The first kappa shape index (κ1) is 20.7. The molecule has 6 nitrogen and oxygen atoms in total. The third-order valence-corrected chi connectivity index (χ3v) is 5.40. The molecule has 0 bridgehead atoms. The molecule has 0 heterocycles. The molecule has 1 aliphatic carbocycles. The van der Waals surface area contributed by atoms with E-state index in [0.29, 0.717) is 17.4 Å². The average Bonchev–Trinajstić information content (AvgIpc) is 2.70. The zero-order valence-corrected chi connectivity index (χ0v) is 16.8. The van der Waals surface area contributed by atoms with Crippen molar-refractivity contribution in [2.75, 3.05) is 0 Å². The lowest BCUT2D eigenvalue weighted by molar-refractivity contribution is -0.122. The van der Waals surface area contributed by atoms with Crippen LogP contribution in [0.2, 0.25) is 0 Å². The van der Waals surface area contributed by atoms with Gasteiger partial charge in [-0.05, 0) is 48.6 Å². The van der Waals surface area contributed by atoms with Crippen LogP contribution >= 0.6 is 0 Å². The molecule has 29 heavy (non-hydrogen) atoms. The Labute approximate surface area is 171 Å². The van der Waals surface area contributed by atoms with Gasteiger partial charge in [0.1, 0.15) is 11.5 Å². The van der Waals surface area contributed by atoms with Gasteiger partial charge in [0, 0.05) is 6.04 Å². The Morgan fingerprint density at radius 2 is 1.79 bits per heavy atom. The summed E-state index contributed by atoms with van der Waals surface area (Å²) in [4.78, 5) is 24.2. The molecule has 3 amide bonds. The fraction of sp³-hybridized carbons (Fsp3) is 0.391. The lowest BCUT2D eigenvalue weighted by Gasteiger charge is -2.30. The molecule has 0 aromatic heterocycles. The molecule has 0 radical (unpaired) electrons. The Bertz CT molecular complexity index is 825. The van der Waals surface area contributed by atoms with Gasteiger partial charge in [0.05, 0.1) is 12.5 Å². The largest absolute Gasteiger partial charge is 0.457 e. The van der Waals surface area contributed by atoms with Gasteiger partial charge in [-0.25, -0.2) is 4.79 Å². The Balaban J connectivity index is 1.70. The van der Waals surface area contributed by atoms with Crippen molar-refractivity contribution in [3.63, 3.8) is 0 Å². The van der Waals surface area contributed by atoms with Crippen molar-refractivity contribution < 1.29 is 14.3 Å². The topological polar surface area (TPSA) is 93.5 Å². The highest BCUT2D eigenvalue weighted by Crippen LogP contribution is 2.27. The minimum Gasteiger partial charge on any atom is -0.457 e. The highest BCUT2D eigenvalue weighted by Gasteiger charge is 2.25. The predicted molar refractivity (Wildman–Crippen MR) is 113 cm³/mol. The number of ether oxygens (including phenoxy) is 1. The lowest BCUT2D eigenvalue weighted by atomic mass is 9.86. The van der Waals surface area contributed by atoms with Crippen LogP contribution < -0.4 is 21.1 Å². The summed E-state index contributed by atoms with van der Waals surface area (Å²) >= 11 is 0. The van der Waals surface area contributed by atoms with Gasteiger partial charge in [0.2, 0.25) is 5.91 Å². The van der Waals surface area contributed by atoms with E-state index >= 15 is 0 Å². The van der Waals surface area contributed by atoms with Crippen LogP contribution in [-0.2, 0) is 4.79 Å². The van der Waals surface area contributed by atoms with Crippen LogP contribution in [0.4, 0.5) is 4.79 Å². The van der Waals surface area contributed by atoms with Crippen molar-refractivity contribution in [3.8, 4) is 11.5 Å². The fourth-order valence-corrected chi connectivity index (χ4v) is 3.83. The maximum Gasteiger partial charge on any atom is 0.312 e. The minimum absolute atomic E-state index is 0.0862. The molecular formula is C23H29N3O3. The zero-order valence-electron chi connectivity index (χ0n) is 16.8. The first-order chi connectivity index (χ1) is 14.0. The second-order valence-corrected chi connectivity index (χ2v) is 7.69. The number of carbonyl (C=O) groups excluding carboxylic acids is 2. The van der Waals surface area contributed by atoms with E-state index in [2.05, 4.69) is 17.6 Å². The highest BCUT2D eigenvalue weighted by atomic mass is 16.5. The van der Waals surface area contributed by atoms with Crippen molar-refractivity contribution in [2.24, 2.45) is 11.7 Å². The number of hydrogen-bond donors (Lipinski definition) is 3. The summed E-state index contributed by atoms with van der Waals surface area (Å²) in [6.07, 6.45) is 4.61. The summed E-state index contributed by atoms with van der Waals surface area (Å²) < 4.78 is 5.87. The molecule has 0 aliphatic heterocycles. The van der Waals surface area contributed by atoms with Gasteiger partial charge in [0.15, 0.2) is 0 Å². The van der Waals surface area contributed by atoms with Crippen molar-refractivity contribution in [1.82, 2.24) is 10.6 Å². The number of primary amides is 1. The summed E-state index contributed by atoms with van der Waals surface area (Å²) in [6.45, 7) is 2.17. The average molecular weight is 396 g/mol. The van der Waals surface area contributed by atoms with Gasteiger partial charge in [-0.2, -0.15) is 0 Å². The van der Waals surface area contributed by atoms with E-state index < -0.39 is 12.1 Å². The molecule has 154 valence electrons. The summed E-state index contributed by atoms with van der Waals surface area (Å²) in [5, 5.41) is 5.82. The van der Waals surface area contributed by atoms with Crippen molar-refractivity contribution in [1.29, 1.82) is 0 Å². The molecule has 0 saturated heterocycles. The number of hydrogen-bond acceptors (Lipinski definition) is 3. The molecule has 1 fully saturated rings. The van der Waals surface area contributed by atoms with Crippen LogP contribution in [0.15, 0.2) is 54.6 Å². The van der Waals surface area contributed by atoms with Gasteiger partial charge in [-0.1, -0.05) is 50.1 Å². The SMILES string of the molecule is CC1CCCCC1NC(=O)CC(NC(N)=O)c1cccc(Oc2ccccc2)c1. The zero-order chi connectivity index (χ0) is 20.6. The normalized spacial score (nSPS) is 19.8. The number of rotatable bonds is 7.